The topological polar surface area (TPSA) is 8.17 Å². The Hall–Kier alpha value is -6.38. The number of benzene rings is 8. The van der Waals surface area contributed by atoms with Crippen LogP contribution in [0.5, 0.6) is 0 Å². The van der Waals surface area contributed by atoms with E-state index >= 15 is 0 Å². The monoisotopic (exact) mass is 610 g/mol. The molecule has 0 amide bonds. The lowest BCUT2D eigenvalue weighted by molar-refractivity contribution is 1.17. The second kappa shape index (κ2) is 10.6. The van der Waals surface area contributed by atoms with Crippen molar-refractivity contribution in [3.8, 4) is 39.1 Å². The van der Waals surface area contributed by atoms with E-state index in [0.717, 1.165) is 22.7 Å². The van der Waals surface area contributed by atoms with Gasteiger partial charge in [-0.2, -0.15) is 0 Å². The van der Waals surface area contributed by atoms with Gasteiger partial charge in [-0.1, -0.05) is 127 Å². The van der Waals surface area contributed by atoms with Crippen molar-refractivity contribution in [2.24, 2.45) is 0 Å². The number of nitrogens with zero attached hydrogens (tertiary/aromatic N) is 2. The van der Waals surface area contributed by atoms with E-state index in [1.54, 1.807) is 0 Å². The molecule has 0 aliphatic heterocycles. The number of hydrogen-bond donors (Lipinski definition) is 0. The maximum atomic E-state index is 2.48. The van der Waals surface area contributed by atoms with Gasteiger partial charge >= 0.3 is 0 Å². The highest BCUT2D eigenvalue weighted by atomic mass is 15.1. The molecule has 0 N–H and O–H groups in total. The maximum Gasteiger partial charge on any atom is 0.0625 e. The van der Waals surface area contributed by atoms with Crippen LogP contribution >= 0.6 is 0 Å². The number of fused-ring (bicyclic) bond motifs is 9. The molecule has 48 heavy (non-hydrogen) atoms. The highest BCUT2D eigenvalue weighted by Gasteiger charge is 2.26. The van der Waals surface area contributed by atoms with Crippen LogP contribution in [0.3, 0.4) is 0 Å². The zero-order chi connectivity index (χ0) is 31.6. The van der Waals surface area contributed by atoms with E-state index in [0.29, 0.717) is 0 Å². The summed E-state index contributed by atoms with van der Waals surface area (Å²) in [6, 6.07) is 66.2. The minimum absolute atomic E-state index is 1.11. The van der Waals surface area contributed by atoms with Crippen molar-refractivity contribution >= 4 is 49.6 Å². The van der Waals surface area contributed by atoms with E-state index in [1.807, 2.05) is 0 Å². The smallest absolute Gasteiger partial charge is 0.0625 e. The first kappa shape index (κ1) is 26.8. The van der Waals surface area contributed by atoms with Crippen molar-refractivity contribution in [2.45, 2.75) is 0 Å². The summed E-state index contributed by atoms with van der Waals surface area (Å²) in [6.07, 6.45) is 0. The molecule has 0 fully saturated rings. The second-order valence-corrected chi connectivity index (χ2v) is 12.5. The standard InChI is InChI=1S/C46H30N2/c1-3-15-32(16-4-1)47(33-17-5-2-6-18-33)34-25-27-35(28-26-34)48-43-24-10-9-20-37(43)42-30-29-41-40-23-12-14-31-13-11-22-38(44(31)40)36-19-7-8-21-39(36)45(41)46(42)48/h1-30H. The fraction of sp³-hybridized carbons (Fsp3) is 0. The summed E-state index contributed by atoms with van der Waals surface area (Å²) < 4.78 is 2.48. The Balaban J connectivity index is 1.26. The van der Waals surface area contributed by atoms with Gasteiger partial charge in [0.15, 0.2) is 0 Å². The van der Waals surface area contributed by atoms with E-state index in [9.17, 15) is 0 Å². The Labute approximate surface area is 279 Å². The highest BCUT2D eigenvalue weighted by molar-refractivity contribution is 6.21. The Morgan fingerprint density at radius 3 is 1.62 bits per heavy atom. The number of hydrogen-bond acceptors (Lipinski definition) is 1. The Bertz CT molecular complexity index is 2600. The van der Waals surface area contributed by atoms with Gasteiger partial charge in [0.1, 0.15) is 0 Å². The summed E-state index contributed by atoms with van der Waals surface area (Å²) in [5.41, 5.74) is 14.6. The Morgan fingerprint density at radius 1 is 0.354 bits per heavy atom. The number of aromatic nitrogens is 1. The molecule has 1 aliphatic rings. The lowest BCUT2D eigenvalue weighted by Gasteiger charge is -2.25. The molecule has 0 saturated heterocycles. The summed E-state index contributed by atoms with van der Waals surface area (Å²) in [6.45, 7) is 0. The molecule has 2 nitrogen and oxygen atoms in total. The van der Waals surface area contributed by atoms with Crippen molar-refractivity contribution in [3.05, 3.63) is 182 Å². The molecule has 9 aromatic rings. The van der Waals surface area contributed by atoms with Gasteiger partial charge in [0.25, 0.3) is 0 Å². The summed E-state index contributed by atoms with van der Waals surface area (Å²) in [7, 11) is 0. The van der Waals surface area contributed by atoms with Crippen molar-refractivity contribution in [1.29, 1.82) is 0 Å². The van der Waals surface area contributed by atoms with E-state index < -0.39 is 0 Å². The summed E-state index contributed by atoms with van der Waals surface area (Å²) in [5.74, 6) is 0. The van der Waals surface area contributed by atoms with Gasteiger partial charge in [-0.15, -0.1) is 0 Å². The fourth-order valence-electron chi connectivity index (χ4n) is 7.90. The third-order valence-corrected chi connectivity index (χ3v) is 9.91. The van der Waals surface area contributed by atoms with Gasteiger partial charge < -0.3 is 9.47 Å². The van der Waals surface area contributed by atoms with Crippen LogP contribution in [0.25, 0.3) is 71.6 Å². The van der Waals surface area contributed by atoms with Crippen molar-refractivity contribution < 1.29 is 0 Å². The second-order valence-electron chi connectivity index (χ2n) is 12.5. The largest absolute Gasteiger partial charge is 0.311 e. The molecular weight excluding hydrogens is 581 g/mol. The third kappa shape index (κ3) is 3.93. The molecule has 1 heterocycles. The third-order valence-electron chi connectivity index (χ3n) is 9.91. The molecular formula is C46H30N2. The van der Waals surface area contributed by atoms with E-state index in [2.05, 4.69) is 191 Å². The molecule has 1 aromatic heterocycles. The molecule has 1 aliphatic carbocycles. The number of rotatable bonds is 4. The van der Waals surface area contributed by atoms with Gasteiger partial charge in [-0.25, -0.2) is 0 Å². The molecule has 2 heteroatoms. The van der Waals surface area contributed by atoms with E-state index in [1.165, 1.54) is 66.0 Å². The van der Waals surface area contributed by atoms with Crippen LogP contribution in [0.2, 0.25) is 0 Å². The SMILES string of the molecule is c1ccc(N(c2ccccc2)c2ccc(-n3c4ccccc4c4ccc5c(c43)-c3ccccc3-c3cccc4cccc-5c34)cc2)cc1. The van der Waals surface area contributed by atoms with Crippen LogP contribution < -0.4 is 4.90 Å². The highest BCUT2D eigenvalue weighted by Crippen LogP contribution is 2.51. The Kier molecular flexibility index (Phi) is 5.91. The van der Waals surface area contributed by atoms with Crippen molar-refractivity contribution in [1.82, 2.24) is 4.57 Å². The van der Waals surface area contributed by atoms with Crippen LogP contribution in [0.15, 0.2) is 182 Å². The first-order valence-corrected chi connectivity index (χ1v) is 16.5. The molecule has 8 aromatic carbocycles. The minimum Gasteiger partial charge on any atom is -0.311 e. The van der Waals surface area contributed by atoms with Gasteiger partial charge in [-0.3, -0.25) is 0 Å². The molecule has 0 spiro atoms. The van der Waals surface area contributed by atoms with Crippen LogP contribution in [0.1, 0.15) is 0 Å². The van der Waals surface area contributed by atoms with Crippen LogP contribution in [0, 0.1) is 0 Å². The summed E-state index contributed by atoms with van der Waals surface area (Å²) in [5, 5.41) is 5.10. The van der Waals surface area contributed by atoms with Gasteiger partial charge in [0.2, 0.25) is 0 Å². The predicted octanol–water partition coefficient (Wildman–Crippen LogP) is 12.7. The average Bonchev–Trinajstić information content (AvgIpc) is 3.43. The normalized spacial score (nSPS) is 11.8. The van der Waals surface area contributed by atoms with Gasteiger partial charge in [0.05, 0.1) is 11.0 Å². The average molecular weight is 611 g/mol. The summed E-state index contributed by atoms with van der Waals surface area (Å²) in [4.78, 5) is 2.32. The first-order valence-electron chi connectivity index (χ1n) is 16.5. The number of anilines is 3. The lowest BCUT2D eigenvalue weighted by atomic mass is 9.91. The van der Waals surface area contributed by atoms with Crippen LogP contribution in [-0.2, 0) is 0 Å². The quantitative estimate of drug-likeness (QED) is 0.192. The molecule has 0 atom stereocenters. The van der Waals surface area contributed by atoms with Gasteiger partial charge in [0, 0.05) is 39.1 Å². The zero-order valence-corrected chi connectivity index (χ0v) is 26.2. The Morgan fingerprint density at radius 2 is 0.917 bits per heavy atom. The fourth-order valence-corrected chi connectivity index (χ4v) is 7.90. The lowest BCUT2D eigenvalue weighted by Crippen LogP contribution is -2.09. The molecule has 0 unspecified atom stereocenters. The van der Waals surface area contributed by atoms with E-state index in [-0.39, 0.29) is 0 Å². The van der Waals surface area contributed by atoms with Crippen molar-refractivity contribution in [3.63, 3.8) is 0 Å². The molecule has 0 saturated carbocycles. The van der Waals surface area contributed by atoms with E-state index in [4.69, 9.17) is 0 Å². The first-order chi connectivity index (χ1) is 23.8. The predicted molar refractivity (Wildman–Crippen MR) is 203 cm³/mol. The maximum absolute atomic E-state index is 2.48. The summed E-state index contributed by atoms with van der Waals surface area (Å²) >= 11 is 0. The molecule has 0 radical (unpaired) electrons. The van der Waals surface area contributed by atoms with Crippen LogP contribution in [-0.4, -0.2) is 4.57 Å². The number of para-hydroxylation sites is 3. The van der Waals surface area contributed by atoms with Crippen molar-refractivity contribution in [2.75, 3.05) is 4.90 Å². The molecule has 224 valence electrons. The minimum atomic E-state index is 1.11. The zero-order valence-electron chi connectivity index (χ0n) is 26.2. The molecule has 0 bridgehead atoms. The van der Waals surface area contributed by atoms with Crippen LogP contribution in [0.4, 0.5) is 17.1 Å². The van der Waals surface area contributed by atoms with Gasteiger partial charge in [-0.05, 0) is 93.2 Å². The molecule has 10 rings (SSSR count).